The van der Waals surface area contributed by atoms with Crippen LogP contribution in [0.2, 0.25) is 0 Å². The van der Waals surface area contributed by atoms with Gasteiger partial charge in [-0.25, -0.2) is 4.98 Å². The lowest BCUT2D eigenvalue weighted by atomic mass is 10.1. The number of nitrogens with zero attached hydrogens (tertiary/aromatic N) is 2. The van der Waals surface area contributed by atoms with Crippen molar-refractivity contribution in [1.82, 2.24) is 9.88 Å². The second-order valence-electron chi connectivity index (χ2n) is 4.50. The van der Waals surface area contributed by atoms with Crippen LogP contribution >= 0.6 is 11.3 Å². The first-order valence-electron chi connectivity index (χ1n) is 5.84. The third-order valence-electron chi connectivity index (χ3n) is 3.04. The van der Waals surface area contributed by atoms with E-state index in [1.54, 1.807) is 11.6 Å². The first kappa shape index (κ1) is 13.8. The fourth-order valence-corrected chi connectivity index (χ4v) is 3.07. The third-order valence-corrected chi connectivity index (χ3v) is 3.91. The Morgan fingerprint density at radius 1 is 1.50 bits per heavy atom. The molecular weight excluding hydrogens is 265 g/mol. The van der Waals surface area contributed by atoms with E-state index in [0.29, 0.717) is 30.8 Å². The van der Waals surface area contributed by atoms with Crippen molar-refractivity contribution in [2.45, 2.75) is 37.6 Å². The average molecular weight is 280 g/mol. The molecule has 0 aliphatic carbocycles. The largest absolute Gasteiger partial charge is 0.401 e. The fraction of sp³-hybridized carbons (Fsp3) is 0.727. The minimum Gasteiger partial charge on any atom is -0.393 e. The van der Waals surface area contributed by atoms with Crippen molar-refractivity contribution in [1.29, 1.82) is 0 Å². The Labute approximate surface area is 107 Å². The van der Waals surface area contributed by atoms with E-state index in [9.17, 15) is 18.3 Å². The highest BCUT2D eigenvalue weighted by molar-refractivity contribution is 7.09. The van der Waals surface area contributed by atoms with Crippen molar-refractivity contribution >= 4 is 11.3 Å². The Morgan fingerprint density at radius 3 is 2.89 bits per heavy atom. The Morgan fingerprint density at radius 2 is 2.28 bits per heavy atom. The van der Waals surface area contributed by atoms with E-state index in [4.69, 9.17) is 0 Å². The number of rotatable bonds is 2. The van der Waals surface area contributed by atoms with Gasteiger partial charge >= 0.3 is 6.18 Å². The van der Waals surface area contributed by atoms with Gasteiger partial charge in [0.1, 0.15) is 5.01 Å². The van der Waals surface area contributed by atoms with Gasteiger partial charge in [0, 0.05) is 11.6 Å². The van der Waals surface area contributed by atoms with Crippen LogP contribution < -0.4 is 0 Å². The number of aliphatic hydroxyl groups is 1. The summed E-state index contributed by atoms with van der Waals surface area (Å²) in [7, 11) is 0. The number of hydrogen-bond donors (Lipinski definition) is 1. The van der Waals surface area contributed by atoms with E-state index in [-0.39, 0.29) is 0 Å². The zero-order valence-corrected chi connectivity index (χ0v) is 10.5. The number of hydrogen-bond acceptors (Lipinski definition) is 4. The standard InChI is InChI=1S/C11H15F3N2OS/c12-11(13,14)7-16-4-1-2-8(17)6-9(16)10-15-3-5-18-10/h3,5,8-9,17H,1-2,4,6-7H2. The Kier molecular flexibility index (Phi) is 4.24. The normalized spacial score (nSPS) is 27.1. The smallest absolute Gasteiger partial charge is 0.393 e. The summed E-state index contributed by atoms with van der Waals surface area (Å²) in [4.78, 5) is 5.48. The summed E-state index contributed by atoms with van der Waals surface area (Å²) in [5.74, 6) is 0. The first-order valence-corrected chi connectivity index (χ1v) is 6.72. The van der Waals surface area contributed by atoms with Gasteiger partial charge in [0.05, 0.1) is 18.7 Å². The predicted molar refractivity (Wildman–Crippen MR) is 62.3 cm³/mol. The van der Waals surface area contributed by atoms with Gasteiger partial charge in [-0.15, -0.1) is 11.3 Å². The van der Waals surface area contributed by atoms with Crippen molar-refractivity contribution in [3.63, 3.8) is 0 Å². The van der Waals surface area contributed by atoms with Crippen LogP contribution in [-0.2, 0) is 0 Å². The third kappa shape index (κ3) is 3.66. The summed E-state index contributed by atoms with van der Waals surface area (Å²) < 4.78 is 37.7. The maximum absolute atomic E-state index is 12.6. The van der Waals surface area contributed by atoms with Crippen molar-refractivity contribution in [3.8, 4) is 0 Å². The molecule has 2 unspecified atom stereocenters. The van der Waals surface area contributed by atoms with E-state index >= 15 is 0 Å². The number of halogens is 3. The molecule has 1 aliphatic heterocycles. The van der Waals surface area contributed by atoms with Crippen molar-refractivity contribution < 1.29 is 18.3 Å². The lowest BCUT2D eigenvalue weighted by molar-refractivity contribution is -0.151. The van der Waals surface area contributed by atoms with Gasteiger partial charge in [-0.05, 0) is 25.8 Å². The monoisotopic (exact) mass is 280 g/mol. The Balaban J connectivity index is 2.17. The van der Waals surface area contributed by atoms with Crippen LogP contribution in [0, 0.1) is 0 Å². The maximum atomic E-state index is 12.6. The van der Waals surface area contributed by atoms with Crippen LogP contribution in [0.5, 0.6) is 0 Å². The zero-order valence-electron chi connectivity index (χ0n) is 9.73. The molecule has 3 nitrogen and oxygen atoms in total. The number of alkyl halides is 3. The van der Waals surface area contributed by atoms with Crippen LogP contribution in [-0.4, -0.2) is 40.4 Å². The molecule has 0 radical (unpaired) electrons. The van der Waals surface area contributed by atoms with Crippen molar-refractivity contribution in [3.05, 3.63) is 16.6 Å². The molecule has 0 bridgehead atoms. The second kappa shape index (κ2) is 5.54. The molecule has 0 saturated carbocycles. The minimum absolute atomic E-state index is 0.323. The summed E-state index contributed by atoms with van der Waals surface area (Å²) >= 11 is 1.34. The molecule has 1 saturated heterocycles. The number of likely N-dealkylation sites (tertiary alicyclic amines) is 1. The van der Waals surface area contributed by atoms with Crippen LogP contribution in [0.1, 0.15) is 30.3 Å². The van der Waals surface area contributed by atoms with Gasteiger partial charge < -0.3 is 5.11 Å². The van der Waals surface area contributed by atoms with Gasteiger partial charge in [-0.2, -0.15) is 13.2 Å². The first-order chi connectivity index (χ1) is 8.46. The molecule has 2 heterocycles. The highest BCUT2D eigenvalue weighted by atomic mass is 32.1. The van der Waals surface area contributed by atoms with E-state index < -0.39 is 24.9 Å². The van der Waals surface area contributed by atoms with Gasteiger partial charge in [0.15, 0.2) is 0 Å². The second-order valence-corrected chi connectivity index (χ2v) is 5.43. The number of thiazole rings is 1. The molecule has 0 aromatic carbocycles. The van der Waals surface area contributed by atoms with E-state index in [0.717, 1.165) is 0 Å². The summed E-state index contributed by atoms with van der Waals surface area (Å²) in [6.07, 6.45) is -1.72. The van der Waals surface area contributed by atoms with Crippen LogP contribution in [0.4, 0.5) is 13.2 Å². The molecule has 0 spiro atoms. The Hall–Kier alpha value is -0.660. The van der Waals surface area contributed by atoms with Gasteiger partial charge in [0.25, 0.3) is 0 Å². The fourth-order valence-electron chi connectivity index (χ4n) is 2.29. The van der Waals surface area contributed by atoms with Crippen molar-refractivity contribution in [2.75, 3.05) is 13.1 Å². The number of aromatic nitrogens is 1. The quantitative estimate of drug-likeness (QED) is 0.904. The summed E-state index contributed by atoms with van der Waals surface area (Å²) in [5.41, 5.74) is 0. The SMILES string of the molecule is OC1CCCN(CC(F)(F)F)C(c2nccs2)C1. The maximum Gasteiger partial charge on any atom is 0.401 e. The highest BCUT2D eigenvalue weighted by Gasteiger charge is 2.37. The zero-order chi connectivity index (χ0) is 13.2. The molecule has 1 aromatic rings. The van der Waals surface area contributed by atoms with Crippen molar-refractivity contribution in [2.24, 2.45) is 0 Å². The molecule has 1 aliphatic rings. The highest BCUT2D eigenvalue weighted by Crippen LogP contribution is 2.33. The molecule has 0 amide bonds. The summed E-state index contributed by atoms with van der Waals surface area (Å²) in [6, 6.07) is -0.427. The van der Waals surface area contributed by atoms with Gasteiger partial charge in [-0.3, -0.25) is 4.90 Å². The molecule has 18 heavy (non-hydrogen) atoms. The molecular formula is C11H15F3N2OS. The van der Waals surface area contributed by atoms with E-state index in [2.05, 4.69) is 4.98 Å². The lowest BCUT2D eigenvalue weighted by Gasteiger charge is -2.29. The molecule has 2 atom stereocenters. The molecule has 2 rings (SSSR count). The Bertz CT molecular complexity index is 369. The lowest BCUT2D eigenvalue weighted by Crippen LogP contribution is -2.37. The minimum atomic E-state index is -4.22. The van der Waals surface area contributed by atoms with Gasteiger partial charge in [0.2, 0.25) is 0 Å². The predicted octanol–water partition coefficient (Wildman–Crippen LogP) is 2.59. The van der Waals surface area contributed by atoms with Gasteiger partial charge in [-0.1, -0.05) is 0 Å². The summed E-state index contributed by atoms with van der Waals surface area (Å²) in [5, 5.41) is 12.1. The average Bonchev–Trinajstić information content (AvgIpc) is 2.70. The molecule has 1 fully saturated rings. The van der Waals surface area contributed by atoms with Crippen LogP contribution in [0.15, 0.2) is 11.6 Å². The molecule has 1 aromatic heterocycles. The molecule has 7 heteroatoms. The van der Waals surface area contributed by atoms with E-state index in [1.165, 1.54) is 16.2 Å². The molecule has 102 valence electrons. The number of aliphatic hydroxyl groups excluding tert-OH is 1. The topological polar surface area (TPSA) is 36.4 Å². The van der Waals surface area contributed by atoms with Crippen LogP contribution in [0.25, 0.3) is 0 Å². The van der Waals surface area contributed by atoms with Crippen LogP contribution in [0.3, 0.4) is 0 Å². The molecule has 1 N–H and O–H groups in total. The summed E-state index contributed by atoms with van der Waals surface area (Å²) in [6.45, 7) is -0.592. The van der Waals surface area contributed by atoms with E-state index in [1.807, 2.05) is 0 Å².